The van der Waals surface area contributed by atoms with E-state index in [9.17, 15) is 17.2 Å². The molecule has 0 radical (unpaired) electrons. The summed E-state index contributed by atoms with van der Waals surface area (Å²) in [5.74, 6) is -0.968. The van der Waals surface area contributed by atoms with Gasteiger partial charge >= 0.3 is 0 Å². The van der Waals surface area contributed by atoms with Crippen molar-refractivity contribution in [2.75, 3.05) is 30.6 Å². The number of hydrogen-bond donors (Lipinski definition) is 0. The fraction of sp³-hybridized carbons (Fsp3) is 0.273. The monoisotopic (exact) mass is 464 g/mol. The molecule has 164 valence electrons. The van der Waals surface area contributed by atoms with Gasteiger partial charge in [0, 0.05) is 24.5 Å². The van der Waals surface area contributed by atoms with E-state index in [0.29, 0.717) is 18.9 Å². The number of thiophene rings is 1. The van der Waals surface area contributed by atoms with Crippen LogP contribution in [-0.4, -0.2) is 39.6 Å². The Labute approximate surface area is 184 Å². The molecule has 0 spiro atoms. The molecule has 0 atom stereocenters. The van der Waals surface area contributed by atoms with E-state index in [1.54, 1.807) is 0 Å². The van der Waals surface area contributed by atoms with Crippen molar-refractivity contribution in [3.63, 3.8) is 0 Å². The predicted molar refractivity (Wildman–Crippen MR) is 117 cm³/mol. The lowest BCUT2D eigenvalue weighted by Crippen LogP contribution is -2.35. The van der Waals surface area contributed by atoms with Crippen molar-refractivity contribution >= 4 is 27.0 Å². The first-order chi connectivity index (χ1) is 14.9. The molecule has 1 saturated heterocycles. The number of ether oxygens (including phenoxy) is 1. The van der Waals surface area contributed by atoms with Crippen LogP contribution < -0.4 is 4.31 Å². The molecule has 5 nitrogen and oxygen atoms in total. The Morgan fingerprint density at radius 3 is 2.23 bits per heavy atom. The van der Waals surface area contributed by atoms with Crippen molar-refractivity contribution in [1.29, 1.82) is 0 Å². The SMILES string of the molecule is O=S(=O)(c1ccc(F)cc1)N(Cc1cc(CN2CCOCC2)cs1)c1ccc(F)cc1. The van der Waals surface area contributed by atoms with Gasteiger partial charge in [-0.3, -0.25) is 9.21 Å². The summed E-state index contributed by atoms with van der Waals surface area (Å²) in [6.07, 6.45) is 0. The molecule has 1 aromatic heterocycles. The zero-order chi connectivity index (χ0) is 21.8. The second-order valence-corrected chi connectivity index (χ2v) is 10.1. The average Bonchev–Trinajstić information content (AvgIpc) is 3.21. The Kier molecular flexibility index (Phi) is 6.66. The second kappa shape index (κ2) is 9.44. The molecular formula is C22H22F2N2O3S2. The lowest BCUT2D eigenvalue weighted by molar-refractivity contribution is 0.0342. The van der Waals surface area contributed by atoms with Crippen LogP contribution in [0.3, 0.4) is 0 Å². The molecular weight excluding hydrogens is 442 g/mol. The van der Waals surface area contributed by atoms with Crippen molar-refractivity contribution in [3.05, 3.63) is 82.1 Å². The third kappa shape index (κ3) is 5.30. The smallest absolute Gasteiger partial charge is 0.264 e. The molecule has 0 unspecified atom stereocenters. The third-order valence-corrected chi connectivity index (χ3v) is 7.79. The summed E-state index contributed by atoms with van der Waals surface area (Å²) in [4.78, 5) is 3.13. The minimum atomic E-state index is -3.98. The zero-order valence-corrected chi connectivity index (χ0v) is 18.3. The highest BCUT2D eigenvalue weighted by Crippen LogP contribution is 2.28. The molecule has 9 heteroatoms. The third-order valence-electron chi connectivity index (χ3n) is 5.03. The van der Waals surface area contributed by atoms with E-state index in [-0.39, 0.29) is 11.4 Å². The fourth-order valence-electron chi connectivity index (χ4n) is 3.41. The zero-order valence-electron chi connectivity index (χ0n) is 16.7. The molecule has 1 aliphatic rings. The van der Waals surface area contributed by atoms with Gasteiger partial charge in [0.1, 0.15) is 11.6 Å². The number of benzene rings is 2. The molecule has 0 bridgehead atoms. The van der Waals surface area contributed by atoms with Gasteiger partial charge in [-0.1, -0.05) is 0 Å². The minimum absolute atomic E-state index is 0.0247. The van der Waals surface area contributed by atoms with Gasteiger partial charge in [-0.25, -0.2) is 17.2 Å². The Hall–Kier alpha value is -2.33. The largest absolute Gasteiger partial charge is 0.379 e. The van der Waals surface area contributed by atoms with Gasteiger partial charge in [0.05, 0.1) is 30.3 Å². The Bertz CT molecular complexity index is 1110. The summed E-state index contributed by atoms with van der Waals surface area (Å²) in [5.41, 5.74) is 1.45. The van der Waals surface area contributed by atoms with Crippen molar-refractivity contribution in [2.24, 2.45) is 0 Å². The van der Waals surface area contributed by atoms with E-state index in [4.69, 9.17) is 4.74 Å². The number of sulfonamides is 1. The first kappa shape index (κ1) is 21.9. The van der Waals surface area contributed by atoms with E-state index in [1.165, 1.54) is 52.0 Å². The van der Waals surface area contributed by atoms with E-state index in [0.717, 1.165) is 42.2 Å². The van der Waals surface area contributed by atoms with Gasteiger partial charge in [-0.05, 0) is 65.5 Å². The summed E-state index contributed by atoms with van der Waals surface area (Å²) in [5, 5.41) is 2.03. The van der Waals surface area contributed by atoms with Crippen LogP contribution in [0.5, 0.6) is 0 Å². The number of hydrogen-bond acceptors (Lipinski definition) is 5. The molecule has 3 aromatic rings. The molecule has 1 aliphatic heterocycles. The van der Waals surface area contributed by atoms with Gasteiger partial charge < -0.3 is 4.74 Å². The number of nitrogens with zero attached hydrogens (tertiary/aromatic N) is 2. The van der Waals surface area contributed by atoms with Crippen LogP contribution in [-0.2, 0) is 27.8 Å². The summed E-state index contributed by atoms with van der Waals surface area (Å²) in [7, 11) is -3.98. The van der Waals surface area contributed by atoms with Gasteiger partial charge in [0.25, 0.3) is 10.0 Å². The topological polar surface area (TPSA) is 49.9 Å². The van der Waals surface area contributed by atoms with Crippen LogP contribution >= 0.6 is 11.3 Å². The van der Waals surface area contributed by atoms with Crippen molar-refractivity contribution in [1.82, 2.24) is 4.90 Å². The molecule has 0 aliphatic carbocycles. The van der Waals surface area contributed by atoms with Crippen LogP contribution in [0.25, 0.3) is 0 Å². The second-order valence-electron chi connectivity index (χ2n) is 7.25. The van der Waals surface area contributed by atoms with E-state index in [1.807, 2.05) is 11.4 Å². The molecule has 1 fully saturated rings. The maximum atomic E-state index is 13.4. The molecule has 0 amide bonds. The first-order valence-corrected chi connectivity index (χ1v) is 12.1. The van der Waals surface area contributed by atoms with Gasteiger partial charge in [0.2, 0.25) is 0 Å². The summed E-state index contributed by atoms with van der Waals surface area (Å²) in [6, 6.07) is 12.0. The van der Waals surface area contributed by atoms with E-state index in [2.05, 4.69) is 4.90 Å². The molecule has 0 saturated carbocycles. The summed E-state index contributed by atoms with van der Waals surface area (Å²) >= 11 is 1.48. The highest BCUT2D eigenvalue weighted by Gasteiger charge is 2.26. The fourth-order valence-corrected chi connectivity index (χ4v) is 5.80. The summed E-state index contributed by atoms with van der Waals surface area (Å²) in [6.45, 7) is 4.04. The van der Waals surface area contributed by atoms with Crippen LogP contribution in [0.4, 0.5) is 14.5 Å². The van der Waals surface area contributed by atoms with Crippen LogP contribution in [0.1, 0.15) is 10.4 Å². The Balaban J connectivity index is 1.61. The molecule has 2 aromatic carbocycles. The number of rotatable bonds is 7. The number of morpholine rings is 1. The Morgan fingerprint density at radius 2 is 1.58 bits per heavy atom. The van der Waals surface area contributed by atoms with Crippen molar-refractivity contribution in [2.45, 2.75) is 18.0 Å². The molecule has 4 rings (SSSR count). The molecule has 0 N–H and O–H groups in total. The highest BCUT2D eigenvalue weighted by molar-refractivity contribution is 7.92. The maximum absolute atomic E-state index is 13.4. The van der Waals surface area contributed by atoms with E-state index >= 15 is 0 Å². The maximum Gasteiger partial charge on any atom is 0.264 e. The van der Waals surface area contributed by atoms with Gasteiger partial charge in [0.15, 0.2) is 0 Å². The number of halogens is 2. The predicted octanol–water partition coefficient (Wildman–Crippen LogP) is 4.25. The van der Waals surface area contributed by atoms with Crippen molar-refractivity contribution in [3.8, 4) is 0 Å². The minimum Gasteiger partial charge on any atom is -0.379 e. The molecule has 2 heterocycles. The number of anilines is 1. The summed E-state index contributed by atoms with van der Waals surface area (Å²) < 4.78 is 60.1. The lowest BCUT2D eigenvalue weighted by Gasteiger charge is -2.26. The van der Waals surface area contributed by atoms with Crippen LogP contribution in [0.15, 0.2) is 64.9 Å². The average molecular weight is 465 g/mol. The van der Waals surface area contributed by atoms with Gasteiger partial charge in [-0.15, -0.1) is 11.3 Å². The van der Waals surface area contributed by atoms with Crippen LogP contribution in [0, 0.1) is 11.6 Å². The lowest BCUT2D eigenvalue weighted by atomic mass is 10.2. The van der Waals surface area contributed by atoms with Gasteiger partial charge in [-0.2, -0.15) is 0 Å². The quantitative estimate of drug-likeness (QED) is 0.525. The standard InChI is InChI=1S/C22H22F2N2O3S2/c23-18-1-5-20(6-2-18)26(31(27,28)22-7-3-19(24)4-8-22)15-21-13-17(16-30-21)14-25-9-11-29-12-10-25/h1-8,13,16H,9-12,14-15H2. The van der Waals surface area contributed by atoms with Crippen molar-refractivity contribution < 1.29 is 21.9 Å². The normalized spacial score (nSPS) is 15.2. The highest BCUT2D eigenvalue weighted by atomic mass is 32.2. The molecule has 31 heavy (non-hydrogen) atoms. The first-order valence-electron chi connectivity index (χ1n) is 9.82. The Morgan fingerprint density at radius 1 is 0.968 bits per heavy atom. The van der Waals surface area contributed by atoms with E-state index < -0.39 is 21.7 Å². The van der Waals surface area contributed by atoms with Crippen LogP contribution in [0.2, 0.25) is 0 Å².